The normalized spacial score (nSPS) is 14.8. The molecule has 0 unspecified atom stereocenters. The van der Waals surface area contributed by atoms with Gasteiger partial charge in [0.25, 0.3) is 11.8 Å². The number of benzene rings is 2. The molecule has 4 rings (SSSR count). The minimum atomic E-state index is -0.687. The zero-order valence-electron chi connectivity index (χ0n) is 27.5. The highest BCUT2D eigenvalue weighted by Crippen LogP contribution is 2.42. The van der Waals surface area contributed by atoms with Gasteiger partial charge in [-0.3, -0.25) is 14.5 Å². The van der Waals surface area contributed by atoms with Crippen molar-refractivity contribution in [2.75, 3.05) is 26.4 Å². The van der Waals surface area contributed by atoms with Gasteiger partial charge in [0.2, 0.25) is 0 Å². The lowest BCUT2D eigenvalue weighted by Gasteiger charge is -2.31. The Labute approximate surface area is 272 Å². The van der Waals surface area contributed by atoms with Crippen LogP contribution < -0.4 is 10.1 Å². The third-order valence-corrected chi connectivity index (χ3v) is 8.39. The van der Waals surface area contributed by atoms with Gasteiger partial charge >= 0.3 is 11.9 Å². The predicted molar refractivity (Wildman–Crippen MR) is 175 cm³/mol. The van der Waals surface area contributed by atoms with Crippen LogP contribution in [0.2, 0.25) is 0 Å². The summed E-state index contributed by atoms with van der Waals surface area (Å²) < 4.78 is 17.0. The maximum atomic E-state index is 13.1. The van der Waals surface area contributed by atoms with Crippen LogP contribution in [-0.2, 0) is 19.1 Å². The Hall–Kier alpha value is -4.40. The minimum Gasteiger partial charge on any atom is -0.493 e. The van der Waals surface area contributed by atoms with Crippen LogP contribution >= 0.6 is 0 Å². The maximum absolute atomic E-state index is 13.1. The van der Waals surface area contributed by atoms with E-state index in [1.807, 2.05) is 38.1 Å². The number of rotatable bonds is 17. The monoisotopic (exact) mass is 630 g/mol. The van der Waals surface area contributed by atoms with Gasteiger partial charge in [-0.15, -0.1) is 0 Å². The van der Waals surface area contributed by atoms with Gasteiger partial charge in [-0.25, -0.2) is 9.59 Å². The molecule has 246 valence electrons. The first-order valence-electron chi connectivity index (χ1n) is 16.5. The molecule has 2 aliphatic heterocycles. The van der Waals surface area contributed by atoms with E-state index in [2.05, 4.69) is 5.32 Å². The fourth-order valence-corrected chi connectivity index (χ4v) is 6.17. The number of hydrogen-bond donors (Lipinski definition) is 1. The number of dihydropyridines is 1. The third-order valence-electron chi connectivity index (χ3n) is 8.39. The molecule has 0 aromatic heterocycles. The van der Waals surface area contributed by atoms with Crippen molar-refractivity contribution in [1.82, 2.24) is 10.2 Å². The molecule has 0 saturated heterocycles. The molecule has 0 bridgehead atoms. The fourth-order valence-electron chi connectivity index (χ4n) is 6.17. The van der Waals surface area contributed by atoms with E-state index in [4.69, 9.17) is 14.2 Å². The van der Waals surface area contributed by atoms with E-state index in [9.17, 15) is 19.2 Å². The zero-order chi connectivity index (χ0) is 33.1. The number of unbranched alkanes of at least 4 members (excludes halogenated alkanes) is 7. The van der Waals surface area contributed by atoms with Crippen molar-refractivity contribution in [3.63, 3.8) is 0 Å². The molecule has 2 aromatic rings. The van der Waals surface area contributed by atoms with Gasteiger partial charge in [-0.2, -0.15) is 0 Å². The lowest BCUT2D eigenvalue weighted by Crippen LogP contribution is -2.32. The number of nitrogens with one attached hydrogen (secondary N) is 1. The molecule has 1 N–H and O–H groups in total. The van der Waals surface area contributed by atoms with Gasteiger partial charge in [0, 0.05) is 23.5 Å². The van der Waals surface area contributed by atoms with E-state index in [-0.39, 0.29) is 25.0 Å². The van der Waals surface area contributed by atoms with Crippen LogP contribution in [0.1, 0.15) is 111 Å². The number of imide groups is 1. The molecule has 0 saturated carbocycles. The van der Waals surface area contributed by atoms with Crippen LogP contribution in [0, 0.1) is 0 Å². The second kappa shape index (κ2) is 16.8. The van der Waals surface area contributed by atoms with Gasteiger partial charge < -0.3 is 19.5 Å². The highest BCUT2D eigenvalue weighted by Gasteiger charge is 2.39. The number of fused-ring (bicyclic) bond motifs is 1. The number of ether oxygens (including phenoxy) is 3. The van der Waals surface area contributed by atoms with Crippen LogP contribution in [0.5, 0.6) is 5.75 Å². The maximum Gasteiger partial charge on any atom is 0.336 e. The van der Waals surface area contributed by atoms with E-state index in [1.54, 1.807) is 38.1 Å². The highest BCUT2D eigenvalue weighted by molar-refractivity contribution is 6.21. The Morgan fingerprint density at radius 1 is 0.696 bits per heavy atom. The lowest BCUT2D eigenvalue weighted by atomic mass is 9.80. The van der Waals surface area contributed by atoms with E-state index in [1.165, 1.54) is 4.90 Å². The van der Waals surface area contributed by atoms with Crippen molar-refractivity contribution in [2.24, 2.45) is 0 Å². The molecule has 2 amide bonds. The molecule has 2 aliphatic rings. The average molecular weight is 631 g/mol. The van der Waals surface area contributed by atoms with Crippen molar-refractivity contribution >= 4 is 23.8 Å². The smallest absolute Gasteiger partial charge is 0.336 e. The highest BCUT2D eigenvalue weighted by atomic mass is 16.5. The van der Waals surface area contributed by atoms with E-state index >= 15 is 0 Å². The van der Waals surface area contributed by atoms with Crippen molar-refractivity contribution in [3.05, 3.63) is 87.8 Å². The van der Waals surface area contributed by atoms with Crippen LogP contribution in [0.25, 0.3) is 0 Å². The van der Waals surface area contributed by atoms with Crippen LogP contribution in [0.15, 0.2) is 71.1 Å². The average Bonchev–Trinajstić information content (AvgIpc) is 3.28. The largest absolute Gasteiger partial charge is 0.493 e. The van der Waals surface area contributed by atoms with Crippen LogP contribution in [0.3, 0.4) is 0 Å². The fraction of sp³-hybridized carbons (Fsp3) is 0.459. The number of carbonyl (C=O) groups is 4. The van der Waals surface area contributed by atoms with Gasteiger partial charge in [0.05, 0.1) is 48.0 Å². The topological polar surface area (TPSA) is 111 Å². The number of para-hydroxylation sites is 1. The third kappa shape index (κ3) is 8.05. The summed E-state index contributed by atoms with van der Waals surface area (Å²) in [5.41, 5.74) is 3.74. The molecule has 2 aromatic carbocycles. The van der Waals surface area contributed by atoms with Crippen molar-refractivity contribution < 1.29 is 33.4 Å². The molecule has 46 heavy (non-hydrogen) atoms. The quantitative estimate of drug-likeness (QED) is 0.115. The summed E-state index contributed by atoms with van der Waals surface area (Å²) in [5, 5.41) is 3.17. The number of hydrogen-bond acceptors (Lipinski definition) is 8. The predicted octanol–water partition coefficient (Wildman–Crippen LogP) is 6.84. The summed E-state index contributed by atoms with van der Waals surface area (Å²) >= 11 is 0. The number of esters is 2. The molecule has 0 radical (unpaired) electrons. The number of allylic oxidation sites excluding steroid dienone is 2. The molecular formula is C37H46N2O7. The zero-order valence-corrected chi connectivity index (χ0v) is 27.5. The number of carbonyl (C=O) groups excluding carboxylic acids is 4. The molecule has 0 fully saturated rings. The number of nitrogens with zero attached hydrogens (tertiary/aromatic N) is 1. The second-order valence-electron chi connectivity index (χ2n) is 11.6. The summed E-state index contributed by atoms with van der Waals surface area (Å²) in [7, 11) is 0. The van der Waals surface area contributed by atoms with Gasteiger partial charge in [-0.05, 0) is 58.7 Å². The Morgan fingerprint density at radius 2 is 1.17 bits per heavy atom. The van der Waals surface area contributed by atoms with Gasteiger partial charge in [0.15, 0.2) is 0 Å². The molecule has 0 atom stereocenters. The molecule has 0 spiro atoms. The Bertz CT molecular complexity index is 1420. The molecule has 2 heterocycles. The first-order chi connectivity index (χ1) is 22.3. The summed E-state index contributed by atoms with van der Waals surface area (Å²) in [6.07, 6.45) is 8.05. The van der Waals surface area contributed by atoms with Crippen molar-refractivity contribution in [2.45, 2.75) is 85.0 Å². The summed E-state index contributed by atoms with van der Waals surface area (Å²) in [6, 6.07) is 14.5. The second-order valence-corrected chi connectivity index (χ2v) is 11.6. The molecular weight excluding hydrogens is 584 g/mol. The first kappa shape index (κ1) is 34.5. The van der Waals surface area contributed by atoms with Gasteiger partial charge in [-0.1, -0.05) is 68.9 Å². The van der Waals surface area contributed by atoms with Crippen molar-refractivity contribution in [1.29, 1.82) is 0 Å². The molecule has 9 heteroatoms. The van der Waals surface area contributed by atoms with Crippen LogP contribution in [0.4, 0.5) is 0 Å². The first-order valence-corrected chi connectivity index (χ1v) is 16.5. The minimum absolute atomic E-state index is 0.182. The lowest BCUT2D eigenvalue weighted by molar-refractivity contribution is -0.139. The number of amides is 2. The summed E-state index contributed by atoms with van der Waals surface area (Å²) in [6.45, 7) is 8.54. The standard InChI is InChI=1S/C37H46N2O7/c1-5-44-36(42)31-25(3)38-26(4)32(37(43)45-6-2)33(31)29-21-15-16-22-30(29)46-24-18-12-10-8-7-9-11-17-23-39-34(40)27-19-13-14-20-28(27)35(39)41/h13-16,19-22,33,38H,5-12,17-18,23-24H2,1-4H3. The molecule has 0 aliphatic carbocycles. The Morgan fingerprint density at radius 3 is 1.72 bits per heavy atom. The van der Waals surface area contributed by atoms with Crippen molar-refractivity contribution in [3.8, 4) is 5.75 Å². The summed E-state index contributed by atoms with van der Waals surface area (Å²) in [4.78, 5) is 52.7. The van der Waals surface area contributed by atoms with E-state index < -0.39 is 17.9 Å². The van der Waals surface area contributed by atoms with Crippen LogP contribution in [-0.4, -0.2) is 55.0 Å². The Balaban J connectivity index is 1.24. The van der Waals surface area contributed by atoms with Gasteiger partial charge in [0.1, 0.15) is 5.75 Å². The van der Waals surface area contributed by atoms with E-state index in [0.29, 0.717) is 52.6 Å². The van der Waals surface area contributed by atoms with E-state index in [0.717, 1.165) is 56.9 Å². The Kier molecular flexibility index (Phi) is 12.6. The SMILES string of the molecule is CCOC(=O)C1=C(C)NC(C)=C(C(=O)OCC)C1c1ccccc1OCCCCCCCCCCN1C(=O)c2ccccc2C1=O. The summed E-state index contributed by atoms with van der Waals surface area (Å²) in [5.74, 6) is -1.39. The molecule has 9 nitrogen and oxygen atoms in total.